The van der Waals surface area contributed by atoms with Gasteiger partial charge in [0.15, 0.2) is 0 Å². The number of rotatable bonds is 3. The molecule has 0 spiro atoms. The molecule has 1 aliphatic carbocycles. The summed E-state index contributed by atoms with van der Waals surface area (Å²) in [7, 11) is 0. The first kappa shape index (κ1) is 9.83. The van der Waals surface area contributed by atoms with Crippen LogP contribution in [0.15, 0.2) is 22.5 Å². The summed E-state index contributed by atoms with van der Waals surface area (Å²) < 4.78 is 0. The third-order valence-corrected chi connectivity index (χ3v) is 3.22. The van der Waals surface area contributed by atoms with Crippen molar-refractivity contribution >= 4 is 11.3 Å². The van der Waals surface area contributed by atoms with Crippen molar-refractivity contribution in [2.45, 2.75) is 31.7 Å². The predicted octanol–water partition coefficient (Wildman–Crippen LogP) is 2.15. The summed E-state index contributed by atoms with van der Waals surface area (Å²) in [4.78, 5) is 4.30. The molecule has 76 valence electrons. The second-order valence-electron chi connectivity index (χ2n) is 3.54. The van der Waals surface area contributed by atoms with Crippen LogP contribution in [-0.4, -0.2) is 4.98 Å². The Kier molecular flexibility index (Phi) is 3.29. The van der Waals surface area contributed by atoms with Gasteiger partial charge in [-0.15, -0.1) is 11.3 Å². The highest BCUT2D eigenvalue weighted by Gasteiger charge is 2.17. The lowest BCUT2D eigenvalue weighted by atomic mass is 9.93. The number of nitrogens with two attached hydrogens (primary N) is 1. The zero-order chi connectivity index (χ0) is 9.80. The normalized spacial score (nSPS) is 19.1. The SMILES string of the molecule is NNC(C1=CCCCC1)c1cscn1. The average molecular weight is 209 g/mol. The summed E-state index contributed by atoms with van der Waals surface area (Å²) in [5.41, 5.74) is 7.14. The maximum absolute atomic E-state index is 5.57. The van der Waals surface area contributed by atoms with Gasteiger partial charge in [-0.1, -0.05) is 11.6 Å². The van der Waals surface area contributed by atoms with Crippen LogP contribution in [0.25, 0.3) is 0 Å². The molecule has 0 fully saturated rings. The summed E-state index contributed by atoms with van der Waals surface area (Å²) in [6.07, 6.45) is 7.20. The molecule has 0 aromatic carbocycles. The average Bonchev–Trinajstić information content (AvgIpc) is 2.74. The third-order valence-electron chi connectivity index (χ3n) is 2.61. The van der Waals surface area contributed by atoms with Gasteiger partial charge in [0.2, 0.25) is 0 Å². The fourth-order valence-corrected chi connectivity index (χ4v) is 2.45. The van der Waals surface area contributed by atoms with Crippen LogP contribution in [0, 0.1) is 0 Å². The fraction of sp³-hybridized carbons (Fsp3) is 0.500. The van der Waals surface area contributed by atoms with Gasteiger partial charge < -0.3 is 0 Å². The second kappa shape index (κ2) is 4.68. The van der Waals surface area contributed by atoms with E-state index in [4.69, 9.17) is 5.84 Å². The highest BCUT2D eigenvalue weighted by atomic mass is 32.1. The number of hydrogen-bond donors (Lipinski definition) is 2. The molecular weight excluding hydrogens is 194 g/mol. The number of hydrazine groups is 1. The molecule has 3 nitrogen and oxygen atoms in total. The molecular formula is C10H15N3S. The lowest BCUT2D eigenvalue weighted by Gasteiger charge is -2.20. The molecule has 4 heteroatoms. The molecule has 1 aromatic rings. The van der Waals surface area contributed by atoms with Crippen LogP contribution in [0.3, 0.4) is 0 Å². The Bertz CT molecular complexity index is 305. The minimum absolute atomic E-state index is 0.126. The van der Waals surface area contributed by atoms with Gasteiger partial charge >= 0.3 is 0 Å². The molecule has 1 unspecified atom stereocenters. The minimum atomic E-state index is 0.126. The van der Waals surface area contributed by atoms with Crippen molar-refractivity contribution in [2.75, 3.05) is 0 Å². The molecule has 1 heterocycles. The molecule has 1 atom stereocenters. The van der Waals surface area contributed by atoms with Crippen LogP contribution in [0.2, 0.25) is 0 Å². The first-order valence-corrected chi connectivity index (χ1v) is 5.89. The van der Waals surface area contributed by atoms with Gasteiger partial charge in [0, 0.05) is 5.38 Å². The van der Waals surface area contributed by atoms with Crippen molar-refractivity contribution in [1.29, 1.82) is 0 Å². The molecule has 1 aromatic heterocycles. The van der Waals surface area contributed by atoms with Gasteiger partial charge in [0.1, 0.15) is 0 Å². The zero-order valence-electron chi connectivity index (χ0n) is 8.07. The number of thiazole rings is 1. The fourth-order valence-electron chi connectivity index (χ4n) is 1.87. The summed E-state index contributed by atoms with van der Waals surface area (Å²) in [6.45, 7) is 0. The van der Waals surface area contributed by atoms with E-state index in [1.54, 1.807) is 11.3 Å². The van der Waals surface area contributed by atoms with Gasteiger partial charge in [-0.2, -0.15) is 0 Å². The van der Waals surface area contributed by atoms with Crippen LogP contribution in [-0.2, 0) is 0 Å². The van der Waals surface area contributed by atoms with Crippen LogP contribution < -0.4 is 11.3 Å². The Balaban J connectivity index is 2.16. The Morgan fingerprint density at radius 2 is 2.43 bits per heavy atom. The second-order valence-corrected chi connectivity index (χ2v) is 4.26. The number of nitrogens with one attached hydrogen (secondary N) is 1. The van der Waals surface area contributed by atoms with Crippen molar-refractivity contribution in [3.05, 3.63) is 28.2 Å². The van der Waals surface area contributed by atoms with Crippen molar-refractivity contribution < 1.29 is 0 Å². The molecule has 1 aliphatic rings. The van der Waals surface area contributed by atoms with Gasteiger partial charge in [0.05, 0.1) is 17.2 Å². The lowest BCUT2D eigenvalue weighted by Crippen LogP contribution is -2.30. The number of allylic oxidation sites excluding steroid dienone is 1. The number of hydrogen-bond acceptors (Lipinski definition) is 4. The topological polar surface area (TPSA) is 50.9 Å². The Morgan fingerprint density at radius 3 is 3.00 bits per heavy atom. The molecule has 0 bridgehead atoms. The molecule has 0 saturated carbocycles. The van der Waals surface area contributed by atoms with Crippen molar-refractivity contribution in [1.82, 2.24) is 10.4 Å². The Labute approximate surface area is 88.0 Å². The van der Waals surface area contributed by atoms with Gasteiger partial charge in [-0.05, 0) is 25.7 Å². The maximum atomic E-state index is 5.57. The van der Waals surface area contributed by atoms with E-state index in [9.17, 15) is 0 Å². The van der Waals surface area contributed by atoms with Gasteiger partial charge in [-0.25, -0.2) is 10.4 Å². The standard InChI is InChI=1S/C10H15N3S/c11-13-10(9-6-14-7-12-9)8-4-2-1-3-5-8/h4,6-7,10,13H,1-3,5,11H2. The van der Waals surface area contributed by atoms with E-state index in [2.05, 4.69) is 21.9 Å². The largest absolute Gasteiger partial charge is 0.271 e. The zero-order valence-corrected chi connectivity index (χ0v) is 8.89. The number of nitrogens with zero attached hydrogens (tertiary/aromatic N) is 1. The van der Waals surface area contributed by atoms with Gasteiger partial charge in [0.25, 0.3) is 0 Å². The lowest BCUT2D eigenvalue weighted by molar-refractivity contribution is 0.557. The van der Waals surface area contributed by atoms with E-state index in [1.807, 2.05) is 5.51 Å². The van der Waals surface area contributed by atoms with Crippen LogP contribution >= 0.6 is 11.3 Å². The van der Waals surface area contributed by atoms with Crippen molar-refractivity contribution in [2.24, 2.45) is 5.84 Å². The van der Waals surface area contributed by atoms with Crippen LogP contribution in [0.1, 0.15) is 37.4 Å². The van der Waals surface area contributed by atoms with Gasteiger partial charge in [-0.3, -0.25) is 5.84 Å². The smallest absolute Gasteiger partial charge is 0.0850 e. The monoisotopic (exact) mass is 209 g/mol. The number of aromatic nitrogens is 1. The molecule has 0 amide bonds. The molecule has 0 radical (unpaired) electrons. The third kappa shape index (κ3) is 2.03. The summed E-state index contributed by atoms with van der Waals surface area (Å²) in [5.74, 6) is 5.57. The van der Waals surface area contributed by atoms with E-state index >= 15 is 0 Å². The van der Waals surface area contributed by atoms with Crippen LogP contribution in [0.4, 0.5) is 0 Å². The highest BCUT2D eigenvalue weighted by Crippen LogP contribution is 2.28. The van der Waals surface area contributed by atoms with E-state index in [0.717, 1.165) is 12.1 Å². The summed E-state index contributed by atoms with van der Waals surface area (Å²) >= 11 is 1.61. The van der Waals surface area contributed by atoms with Crippen molar-refractivity contribution in [3.8, 4) is 0 Å². The van der Waals surface area contributed by atoms with E-state index < -0.39 is 0 Å². The van der Waals surface area contributed by atoms with E-state index in [0.29, 0.717) is 0 Å². The first-order chi connectivity index (χ1) is 6.92. The predicted molar refractivity (Wildman–Crippen MR) is 58.7 cm³/mol. The molecule has 0 saturated heterocycles. The Morgan fingerprint density at radius 1 is 1.50 bits per heavy atom. The minimum Gasteiger partial charge on any atom is -0.271 e. The molecule has 2 rings (SSSR count). The maximum Gasteiger partial charge on any atom is 0.0850 e. The van der Waals surface area contributed by atoms with E-state index in [-0.39, 0.29) is 6.04 Å². The summed E-state index contributed by atoms with van der Waals surface area (Å²) in [5, 5.41) is 2.06. The molecule has 0 aliphatic heterocycles. The van der Waals surface area contributed by atoms with Crippen molar-refractivity contribution in [3.63, 3.8) is 0 Å². The summed E-state index contributed by atoms with van der Waals surface area (Å²) in [6, 6.07) is 0.126. The highest BCUT2D eigenvalue weighted by molar-refractivity contribution is 7.07. The first-order valence-electron chi connectivity index (χ1n) is 4.95. The molecule has 3 N–H and O–H groups in total. The Hall–Kier alpha value is -0.710. The van der Waals surface area contributed by atoms with Crippen LogP contribution in [0.5, 0.6) is 0 Å². The van der Waals surface area contributed by atoms with E-state index in [1.165, 1.54) is 24.8 Å². The quantitative estimate of drug-likeness (QED) is 0.455. The molecule has 14 heavy (non-hydrogen) atoms.